The van der Waals surface area contributed by atoms with Crippen LogP contribution in [0.1, 0.15) is 37.5 Å². The van der Waals surface area contributed by atoms with E-state index in [1.165, 1.54) is 5.56 Å². The fourth-order valence-corrected chi connectivity index (χ4v) is 2.19. The normalized spacial score (nSPS) is 11.3. The lowest BCUT2D eigenvalue weighted by atomic mass is 9.84. The molecule has 1 rings (SSSR count). The van der Waals surface area contributed by atoms with Crippen molar-refractivity contribution in [1.82, 2.24) is 5.32 Å². The smallest absolute Gasteiger partial charge is 0.321 e. The molecule has 0 radical (unpaired) electrons. The average Bonchev–Trinajstić information content (AvgIpc) is 2.25. The molecule has 3 nitrogen and oxygen atoms in total. The van der Waals surface area contributed by atoms with Crippen molar-refractivity contribution in [3.8, 4) is 0 Å². The highest BCUT2D eigenvalue weighted by Gasteiger charge is 2.19. The summed E-state index contributed by atoms with van der Waals surface area (Å²) >= 11 is 0. The molecule has 3 heteroatoms. The van der Waals surface area contributed by atoms with Crippen molar-refractivity contribution in [2.45, 2.75) is 40.0 Å². The Balaban J connectivity index is 3.29. The van der Waals surface area contributed by atoms with E-state index < -0.39 is 0 Å². The van der Waals surface area contributed by atoms with Crippen LogP contribution in [0.4, 0.5) is 10.5 Å². The quantitative estimate of drug-likeness (QED) is 0.812. The number of anilines is 1. The first-order valence-electron chi connectivity index (χ1n) is 6.25. The molecule has 0 heterocycles. The van der Waals surface area contributed by atoms with Gasteiger partial charge < -0.3 is 5.32 Å². The van der Waals surface area contributed by atoms with E-state index in [0.717, 1.165) is 16.8 Å². The second-order valence-corrected chi connectivity index (χ2v) is 5.82. The Bertz CT molecular complexity index is 435. The topological polar surface area (TPSA) is 32.3 Å². The van der Waals surface area contributed by atoms with Crippen molar-refractivity contribution in [1.29, 1.82) is 0 Å². The number of carbonyl (C=O) groups excluding carboxylic acids is 1. The summed E-state index contributed by atoms with van der Waals surface area (Å²) in [5.41, 5.74) is 4.67. The number of nitrogens with one attached hydrogen (secondary N) is 1. The number of urea groups is 1. The largest absolute Gasteiger partial charge is 0.341 e. The molecule has 0 bridgehead atoms. The summed E-state index contributed by atoms with van der Waals surface area (Å²) in [7, 11) is 3.44. The molecule has 0 aliphatic carbocycles. The van der Waals surface area contributed by atoms with Crippen molar-refractivity contribution in [3.05, 3.63) is 28.8 Å². The van der Waals surface area contributed by atoms with Crippen molar-refractivity contribution in [2.24, 2.45) is 0 Å². The van der Waals surface area contributed by atoms with E-state index in [1.54, 1.807) is 19.0 Å². The molecule has 0 saturated carbocycles. The third-order valence-corrected chi connectivity index (χ3v) is 3.21. The molecule has 1 aromatic carbocycles. The number of rotatable bonds is 1. The number of nitrogens with zero attached hydrogens (tertiary/aromatic N) is 1. The monoisotopic (exact) mass is 248 g/mol. The maximum Gasteiger partial charge on any atom is 0.321 e. The predicted molar refractivity (Wildman–Crippen MR) is 77.5 cm³/mol. The van der Waals surface area contributed by atoms with Crippen LogP contribution in [0, 0.1) is 13.8 Å². The molecule has 0 aliphatic rings. The molecule has 0 spiro atoms. The van der Waals surface area contributed by atoms with Gasteiger partial charge in [0.15, 0.2) is 0 Å². The van der Waals surface area contributed by atoms with E-state index in [4.69, 9.17) is 0 Å². The first-order valence-corrected chi connectivity index (χ1v) is 6.25. The van der Waals surface area contributed by atoms with Crippen LogP contribution in [-0.4, -0.2) is 20.1 Å². The highest BCUT2D eigenvalue weighted by atomic mass is 16.2. The standard InChI is InChI=1S/C15H24N2O/c1-10-8-12(15(3,4)5)9-11(2)13(10)17(7)14(18)16-6/h8-9H,1-7H3,(H,16,18). The van der Waals surface area contributed by atoms with Crippen LogP contribution in [0.3, 0.4) is 0 Å². The zero-order valence-corrected chi connectivity index (χ0v) is 12.5. The van der Waals surface area contributed by atoms with Gasteiger partial charge in [-0.2, -0.15) is 0 Å². The van der Waals surface area contributed by atoms with Crippen LogP contribution in [0.25, 0.3) is 0 Å². The Kier molecular flexibility index (Phi) is 4.05. The molecule has 100 valence electrons. The molecule has 18 heavy (non-hydrogen) atoms. The van der Waals surface area contributed by atoms with Crippen LogP contribution < -0.4 is 10.2 Å². The van der Waals surface area contributed by atoms with Gasteiger partial charge in [0.1, 0.15) is 0 Å². The minimum absolute atomic E-state index is 0.0929. The van der Waals surface area contributed by atoms with Crippen molar-refractivity contribution in [3.63, 3.8) is 0 Å². The Morgan fingerprint density at radius 2 is 1.61 bits per heavy atom. The Labute approximate surface area is 110 Å². The number of hydrogen-bond acceptors (Lipinski definition) is 1. The predicted octanol–water partition coefficient (Wildman–Crippen LogP) is 3.38. The molecule has 0 saturated heterocycles. The summed E-state index contributed by atoms with van der Waals surface area (Å²) in [5, 5.41) is 2.65. The van der Waals surface area contributed by atoms with E-state index in [2.05, 4.69) is 52.1 Å². The number of carbonyl (C=O) groups is 1. The Morgan fingerprint density at radius 3 is 1.94 bits per heavy atom. The SMILES string of the molecule is CNC(=O)N(C)c1c(C)cc(C(C)(C)C)cc1C. The summed E-state index contributed by atoms with van der Waals surface area (Å²) in [6.07, 6.45) is 0. The van der Waals surface area contributed by atoms with Gasteiger partial charge in [-0.3, -0.25) is 4.90 Å². The maximum atomic E-state index is 11.7. The van der Waals surface area contributed by atoms with Gasteiger partial charge in [0.25, 0.3) is 0 Å². The average molecular weight is 248 g/mol. The van der Waals surface area contributed by atoms with Crippen LogP contribution in [-0.2, 0) is 5.41 Å². The number of amides is 2. The lowest BCUT2D eigenvalue weighted by Gasteiger charge is -2.26. The summed E-state index contributed by atoms with van der Waals surface area (Å²) in [5.74, 6) is 0. The van der Waals surface area contributed by atoms with Gasteiger partial charge in [0, 0.05) is 14.1 Å². The van der Waals surface area contributed by atoms with E-state index in [9.17, 15) is 4.79 Å². The van der Waals surface area contributed by atoms with Gasteiger partial charge in [-0.15, -0.1) is 0 Å². The van der Waals surface area contributed by atoms with Gasteiger partial charge in [-0.05, 0) is 36.0 Å². The van der Waals surface area contributed by atoms with E-state index >= 15 is 0 Å². The van der Waals surface area contributed by atoms with Crippen LogP contribution in [0.5, 0.6) is 0 Å². The molecule has 1 N–H and O–H groups in total. The maximum absolute atomic E-state index is 11.7. The fraction of sp³-hybridized carbons (Fsp3) is 0.533. The van der Waals surface area contributed by atoms with Gasteiger partial charge in [0.05, 0.1) is 5.69 Å². The Hall–Kier alpha value is -1.51. The zero-order chi connectivity index (χ0) is 14.1. The molecule has 0 aliphatic heterocycles. The highest BCUT2D eigenvalue weighted by Crippen LogP contribution is 2.31. The van der Waals surface area contributed by atoms with Gasteiger partial charge in [-0.1, -0.05) is 32.9 Å². The lowest BCUT2D eigenvalue weighted by molar-refractivity contribution is 0.249. The minimum atomic E-state index is -0.0929. The van der Waals surface area contributed by atoms with Gasteiger partial charge in [0.2, 0.25) is 0 Å². The van der Waals surface area contributed by atoms with E-state index in [1.807, 2.05) is 0 Å². The molecule has 0 fully saturated rings. The van der Waals surface area contributed by atoms with E-state index in [-0.39, 0.29) is 11.4 Å². The molecule has 2 amide bonds. The molecular weight excluding hydrogens is 224 g/mol. The molecule has 0 atom stereocenters. The molecule has 1 aromatic rings. The van der Waals surface area contributed by atoms with Gasteiger partial charge in [-0.25, -0.2) is 4.79 Å². The lowest BCUT2D eigenvalue weighted by Crippen LogP contribution is -2.35. The fourth-order valence-electron chi connectivity index (χ4n) is 2.19. The zero-order valence-electron chi connectivity index (χ0n) is 12.5. The third-order valence-electron chi connectivity index (χ3n) is 3.21. The molecule has 0 aromatic heterocycles. The second-order valence-electron chi connectivity index (χ2n) is 5.82. The molecular formula is C15H24N2O. The minimum Gasteiger partial charge on any atom is -0.341 e. The first-order chi connectivity index (χ1) is 8.18. The first kappa shape index (κ1) is 14.6. The van der Waals surface area contributed by atoms with Gasteiger partial charge >= 0.3 is 6.03 Å². The highest BCUT2D eigenvalue weighted by molar-refractivity contribution is 5.93. The van der Waals surface area contributed by atoms with Crippen molar-refractivity contribution >= 4 is 11.7 Å². The summed E-state index contributed by atoms with van der Waals surface area (Å²) < 4.78 is 0. The summed E-state index contributed by atoms with van der Waals surface area (Å²) in [6.45, 7) is 10.7. The Morgan fingerprint density at radius 1 is 1.17 bits per heavy atom. The number of benzene rings is 1. The third kappa shape index (κ3) is 2.84. The summed E-state index contributed by atoms with van der Waals surface area (Å²) in [4.78, 5) is 13.4. The van der Waals surface area contributed by atoms with E-state index in [0.29, 0.717) is 0 Å². The number of hydrogen-bond donors (Lipinski definition) is 1. The summed E-state index contributed by atoms with van der Waals surface area (Å²) in [6, 6.07) is 4.24. The second kappa shape index (κ2) is 5.01. The van der Waals surface area contributed by atoms with Crippen molar-refractivity contribution < 1.29 is 4.79 Å². The number of aryl methyl sites for hydroxylation is 2. The molecule has 0 unspecified atom stereocenters. The van der Waals surface area contributed by atoms with Crippen LogP contribution >= 0.6 is 0 Å². The van der Waals surface area contributed by atoms with Crippen molar-refractivity contribution in [2.75, 3.05) is 19.0 Å². The van der Waals surface area contributed by atoms with Crippen LogP contribution in [0.15, 0.2) is 12.1 Å². The van der Waals surface area contributed by atoms with Crippen LogP contribution in [0.2, 0.25) is 0 Å².